The van der Waals surface area contributed by atoms with E-state index in [2.05, 4.69) is 38.2 Å². The topological polar surface area (TPSA) is 81.9 Å². The molecule has 0 saturated heterocycles. The van der Waals surface area contributed by atoms with Gasteiger partial charge in [0.25, 0.3) is 0 Å². The Morgan fingerprint density at radius 1 is 1.08 bits per heavy atom. The van der Waals surface area contributed by atoms with E-state index in [1.807, 2.05) is 24.3 Å². The third-order valence-corrected chi connectivity index (χ3v) is 11.8. The van der Waals surface area contributed by atoms with E-state index in [9.17, 15) is 15.0 Å². The zero-order valence-corrected chi connectivity index (χ0v) is 23.3. The Bertz CT molecular complexity index is 992. The summed E-state index contributed by atoms with van der Waals surface area (Å²) in [6, 6.07) is 8.06. The van der Waals surface area contributed by atoms with Gasteiger partial charge in [-0.15, -0.1) is 0 Å². The molecule has 0 heterocycles. The normalized spacial score (nSPS) is 42.1. The van der Waals surface area contributed by atoms with Crippen molar-refractivity contribution in [1.82, 2.24) is 5.43 Å². The van der Waals surface area contributed by atoms with Gasteiger partial charge in [0.1, 0.15) is 0 Å². The number of aliphatic hydroxyl groups excluding tert-OH is 2. The van der Waals surface area contributed by atoms with Crippen LogP contribution in [0.2, 0.25) is 0 Å². The molecule has 204 valence electrons. The molecule has 1 amide bonds. The highest BCUT2D eigenvalue weighted by Gasteiger charge is 2.63. The van der Waals surface area contributed by atoms with Crippen LogP contribution in [0, 0.1) is 53.3 Å². The molecule has 37 heavy (non-hydrogen) atoms. The first-order valence-electron chi connectivity index (χ1n) is 14.9. The summed E-state index contributed by atoms with van der Waals surface area (Å²) in [6.45, 7) is 9.19. The molecule has 1 aromatic rings. The average molecular weight is 509 g/mol. The third kappa shape index (κ3) is 4.91. The zero-order chi connectivity index (χ0) is 26.4. The van der Waals surface area contributed by atoms with Crippen molar-refractivity contribution < 1.29 is 15.0 Å². The number of nitrogens with zero attached hydrogens (tertiary/aromatic N) is 1. The SMILES string of the molecule is Cc1ccc(/C=N/NC(=O)CC[C@@H](C)[C@H]2CC[C@H]3[C@@H]4CC[C@H]5C[C@H](O)CC[C@]5(C)[C@H]4C[C@H](O)[C@]23C)cc1. The van der Waals surface area contributed by atoms with Crippen LogP contribution in [0.3, 0.4) is 0 Å². The maximum absolute atomic E-state index is 12.5. The van der Waals surface area contributed by atoms with Gasteiger partial charge in [-0.05, 0) is 117 Å². The Labute approximate surface area is 223 Å². The van der Waals surface area contributed by atoms with Crippen molar-refractivity contribution in [2.75, 3.05) is 0 Å². The first-order valence-corrected chi connectivity index (χ1v) is 14.9. The lowest BCUT2D eigenvalue weighted by atomic mass is 9.43. The molecule has 3 N–H and O–H groups in total. The van der Waals surface area contributed by atoms with Crippen LogP contribution >= 0.6 is 0 Å². The number of hydrazone groups is 1. The third-order valence-electron chi connectivity index (χ3n) is 11.8. The van der Waals surface area contributed by atoms with Gasteiger partial charge in [0.05, 0.1) is 18.4 Å². The van der Waals surface area contributed by atoms with Gasteiger partial charge < -0.3 is 10.2 Å². The van der Waals surface area contributed by atoms with Crippen LogP contribution in [0.5, 0.6) is 0 Å². The molecule has 1 aromatic carbocycles. The number of benzene rings is 1. The predicted octanol–water partition coefficient (Wildman–Crippen LogP) is 5.85. The van der Waals surface area contributed by atoms with E-state index >= 15 is 0 Å². The molecular formula is C32H48N2O3. The van der Waals surface area contributed by atoms with E-state index < -0.39 is 0 Å². The van der Waals surface area contributed by atoms with Crippen molar-refractivity contribution in [2.24, 2.45) is 51.4 Å². The van der Waals surface area contributed by atoms with Gasteiger partial charge in [-0.1, -0.05) is 50.6 Å². The number of hydrogen-bond donors (Lipinski definition) is 3. The van der Waals surface area contributed by atoms with Gasteiger partial charge in [0, 0.05) is 6.42 Å². The largest absolute Gasteiger partial charge is 0.393 e. The minimum Gasteiger partial charge on any atom is -0.393 e. The van der Waals surface area contributed by atoms with Gasteiger partial charge in [-0.25, -0.2) is 5.43 Å². The van der Waals surface area contributed by atoms with Gasteiger partial charge >= 0.3 is 0 Å². The molecule has 0 bridgehead atoms. The molecule has 4 fully saturated rings. The van der Waals surface area contributed by atoms with E-state index in [1.165, 1.54) is 24.8 Å². The van der Waals surface area contributed by atoms with Gasteiger partial charge in [0.2, 0.25) is 5.91 Å². The summed E-state index contributed by atoms with van der Waals surface area (Å²) in [7, 11) is 0. The van der Waals surface area contributed by atoms with Crippen molar-refractivity contribution in [3.8, 4) is 0 Å². The Morgan fingerprint density at radius 3 is 2.59 bits per heavy atom. The van der Waals surface area contributed by atoms with Crippen molar-refractivity contribution in [2.45, 2.75) is 104 Å². The van der Waals surface area contributed by atoms with E-state index in [-0.39, 0.29) is 28.9 Å². The number of carbonyl (C=O) groups excluding carboxylic acids is 1. The highest BCUT2D eigenvalue weighted by molar-refractivity contribution is 5.82. The number of rotatable bonds is 6. The van der Waals surface area contributed by atoms with E-state index in [4.69, 9.17) is 0 Å². The van der Waals surface area contributed by atoms with Crippen LogP contribution in [0.1, 0.15) is 96.1 Å². The van der Waals surface area contributed by atoms with Crippen molar-refractivity contribution in [1.29, 1.82) is 0 Å². The van der Waals surface area contributed by atoms with Crippen LogP contribution in [0.15, 0.2) is 29.4 Å². The molecule has 5 heteroatoms. The lowest BCUT2D eigenvalue weighted by Gasteiger charge is -2.62. The Balaban J connectivity index is 1.19. The van der Waals surface area contributed by atoms with Crippen LogP contribution in [0.4, 0.5) is 0 Å². The predicted molar refractivity (Wildman–Crippen MR) is 148 cm³/mol. The first kappa shape index (κ1) is 26.9. The number of aryl methyl sites for hydroxylation is 1. The van der Waals surface area contributed by atoms with Crippen LogP contribution in [-0.2, 0) is 4.79 Å². The van der Waals surface area contributed by atoms with Crippen molar-refractivity contribution >= 4 is 12.1 Å². The summed E-state index contributed by atoms with van der Waals surface area (Å²) in [5, 5.41) is 26.2. The van der Waals surface area contributed by atoms with Gasteiger partial charge in [-0.3, -0.25) is 4.79 Å². The number of fused-ring (bicyclic) bond motifs is 5. The Kier molecular flexibility index (Phi) is 7.59. The lowest BCUT2D eigenvalue weighted by Crippen LogP contribution is -2.58. The van der Waals surface area contributed by atoms with Crippen molar-refractivity contribution in [3.05, 3.63) is 35.4 Å². The van der Waals surface area contributed by atoms with Gasteiger partial charge in [0.15, 0.2) is 0 Å². The second-order valence-electron chi connectivity index (χ2n) is 13.6. The molecule has 0 spiro atoms. The zero-order valence-electron chi connectivity index (χ0n) is 23.3. The fraction of sp³-hybridized carbons (Fsp3) is 0.750. The molecular weight excluding hydrogens is 460 g/mol. The van der Waals surface area contributed by atoms with Gasteiger partial charge in [-0.2, -0.15) is 5.10 Å². The minimum absolute atomic E-state index is 0.0371. The molecule has 5 nitrogen and oxygen atoms in total. The summed E-state index contributed by atoms with van der Waals surface area (Å²) in [6.07, 6.45) is 11.4. The smallest absolute Gasteiger partial charge is 0.240 e. The highest BCUT2D eigenvalue weighted by Crippen LogP contribution is 2.68. The van der Waals surface area contributed by atoms with Crippen LogP contribution in [-0.4, -0.2) is 34.5 Å². The number of nitrogens with one attached hydrogen (secondary N) is 1. The second-order valence-corrected chi connectivity index (χ2v) is 13.6. The Hall–Kier alpha value is -1.72. The van der Waals surface area contributed by atoms with Crippen LogP contribution < -0.4 is 5.43 Å². The monoisotopic (exact) mass is 508 g/mol. The summed E-state index contributed by atoms with van der Waals surface area (Å²) in [5.74, 6) is 3.27. The molecule has 0 unspecified atom stereocenters. The number of carbonyl (C=O) groups is 1. The lowest BCUT2D eigenvalue weighted by molar-refractivity contribution is -0.174. The maximum atomic E-state index is 12.5. The van der Waals surface area contributed by atoms with E-state index in [1.54, 1.807) is 6.21 Å². The number of amides is 1. The van der Waals surface area contributed by atoms with Crippen molar-refractivity contribution in [3.63, 3.8) is 0 Å². The van der Waals surface area contributed by atoms with Crippen LogP contribution in [0.25, 0.3) is 0 Å². The molecule has 4 saturated carbocycles. The quantitative estimate of drug-likeness (QED) is 0.333. The summed E-state index contributed by atoms with van der Waals surface area (Å²) < 4.78 is 0. The molecule has 4 aliphatic carbocycles. The summed E-state index contributed by atoms with van der Waals surface area (Å²) in [5.41, 5.74) is 5.09. The highest BCUT2D eigenvalue weighted by atomic mass is 16.3. The summed E-state index contributed by atoms with van der Waals surface area (Å²) in [4.78, 5) is 12.5. The Morgan fingerprint density at radius 2 is 1.84 bits per heavy atom. The number of hydrogen-bond acceptors (Lipinski definition) is 4. The molecule has 0 radical (unpaired) electrons. The van der Waals surface area contributed by atoms with E-state index in [0.29, 0.717) is 41.9 Å². The maximum Gasteiger partial charge on any atom is 0.240 e. The molecule has 4 aliphatic rings. The fourth-order valence-corrected chi connectivity index (χ4v) is 9.61. The second kappa shape index (κ2) is 10.4. The van der Waals surface area contributed by atoms with E-state index in [0.717, 1.165) is 44.1 Å². The summed E-state index contributed by atoms with van der Waals surface area (Å²) >= 11 is 0. The standard InChI is InChI=1S/C32H48N2O3/c1-20-5-8-22(9-6-20)19-33-34-30(37)14-7-21(2)26-12-13-27-25-11-10-23-17-24(35)15-16-31(23,3)28(25)18-29(36)32(26,27)4/h5-6,8-9,19,21,23-29,35-36H,7,10-18H2,1-4H3,(H,34,37)/b33-19+/t21-,23+,24-,25+,26-,27+,28+,29+,31+,32-/m1/s1. The number of aliphatic hydroxyl groups is 2. The first-order chi connectivity index (χ1) is 17.6. The average Bonchev–Trinajstić information content (AvgIpc) is 3.24. The molecule has 5 rings (SSSR count). The minimum atomic E-state index is -0.274. The molecule has 0 aromatic heterocycles. The fourth-order valence-electron chi connectivity index (χ4n) is 9.61. The molecule has 10 atom stereocenters. The molecule has 0 aliphatic heterocycles.